The molecule has 1 aliphatic carbocycles. The zero-order valence-electron chi connectivity index (χ0n) is 9.03. The lowest BCUT2D eigenvalue weighted by Gasteiger charge is -2.29. The predicted molar refractivity (Wildman–Crippen MR) is 64.0 cm³/mol. The molecule has 2 rings (SSSR count). The van der Waals surface area contributed by atoms with E-state index in [0.29, 0.717) is 23.3 Å². The average Bonchev–Trinajstić information content (AvgIpc) is 2.55. The monoisotopic (exact) mass is 224 g/mol. The molecule has 0 N–H and O–H groups in total. The molecule has 0 aromatic heterocycles. The van der Waals surface area contributed by atoms with E-state index in [1.807, 2.05) is 6.92 Å². The van der Waals surface area contributed by atoms with Gasteiger partial charge in [0.2, 0.25) is 5.11 Å². The van der Waals surface area contributed by atoms with Gasteiger partial charge in [0.1, 0.15) is 5.71 Å². The molecule has 1 heterocycles. The maximum absolute atomic E-state index is 12.0. The van der Waals surface area contributed by atoms with Gasteiger partial charge in [-0.2, -0.15) is 0 Å². The zero-order valence-corrected chi connectivity index (χ0v) is 9.85. The standard InChI is InChI=1S/C11H16N2OS/c1-2-9-10(14)13(11(15)12-9)8-6-4-3-5-7-8/h8H,2-7H2,1H3. The van der Waals surface area contributed by atoms with Gasteiger partial charge in [0.15, 0.2) is 0 Å². The van der Waals surface area contributed by atoms with Gasteiger partial charge >= 0.3 is 0 Å². The Hall–Kier alpha value is -0.770. The molecule has 82 valence electrons. The van der Waals surface area contributed by atoms with Crippen molar-refractivity contribution >= 4 is 28.9 Å². The summed E-state index contributed by atoms with van der Waals surface area (Å²) < 4.78 is 0. The Balaban J connectivity index is 2.11. The quantitative estimate of drug-likeness (QED) is 0.674. The first kappa shape index (κ1) is 10.7. The molecule has 0 unspecified atom stereocenters. The van der Waals surface area contributed by atoms with Crippen molar-refractivity contribution < 1.29 is 4.79 Å². The van der Waals surface area contributed by atoms with Crippen LogP contribution < -0.4 is 0 Å². The summed E-state index contributed by atoms with van der Waals surface area (Å²) in [6.45, 7) is 1.95. The van der Waals surface area contributed by atoms with Gasteiger partial charge in [-0.15, -0.1) is 0 Å². The van der Waals surface area contributed by atoms with E-state index < -0.39 is 0 Å². The second kappa shape index (κ2) is 4.39. The van der Waals surface area contributed by atoms with Crippen LogP contribution >= 0.6 is 12.2 Å². The molecule has 1 aliphatic heterocycles. The first-order chi connectivity index (χ1) is 7.24. The summed E-state index contributed by atoms with van der Waals surface area (Å²) in [7, 11) is 0. The number of hydrogen-bond acceptors (Lipinski definition) is 2. The third-order valence-electron chi connectivity index (χ3n) is 3.18. The third-order valence-corrected chi connectivity index (χ3v) is 3.47. The summed E-state index contributed by atoms with van der Waals surface area (Å²) in [5, 5.41) is 0.490. The lowest BCUT2D eigenvalue weighted by atomic mass is 9.94. The van der Waals surface area contributed by atoms with Crippen molar-refractivity contribution in [3.05, 3.63) is 0 Å². The van der Waals surface area contributed by atoms with Crippen LogP contribution in [0.25, 0.3) is 0 Å². The van der Waals surface area contributed by atoms with Crippen molar-refractivity contribution in [3.8, 4) is 0 Å². The molecule has 0 radical (unpaired) electrons. The fourth-order valence-electron chi connectivity index (χ4n) is 2.33. The van der Waals surface area contributed by atoms with Crippen LogP contribution in [0.15, 0.2) is 4.99 Å². The summed E-state index contributed by atoms with van der Waals surface area (Å²) in [6.07, 6.45) is 6.54. The van der Waals surface area contributed by atoms with Crippen LogP contribution in [0.2, 0.25) is 0 Å². The second-order valence-corrected chi connectivity index (χ2v) is 4.53. The summed E-state index contributed by atoms with van der Waals surface area (Å²) >= 11 is 5.16. The Labute approximate surface area is 95.6 Å². The Morgan fingerprint density at radius 3 is 2.60 bits per heavy atom. The summed E-state index contributed by atoms with van der Waals surface area (Å²) in [5.41, 5.74) is 0.630. The average molecular weight is 224 g/mol. The molecule has 1 fully saturated rings. The highest BCUT2D eigenvalue weighted by molar-refractivity contribution is 7.80. The maximum atomic E-state index is 12.0. The van der Waals surface area contributed by atoms with Crippen LogP contribution in [-0.2, 0) is 4.79 Å². The fourth-order valence-corrected chi connectivity index (χ4v) is 2.68. The van der Waals surface area contributed by atoms with Crippen LogP contribution in [0.3, 0.4) is 0 Å². The smallest absolute Gasteiger partial charge is 0.274 e. The number of rotatable bonds is 2. The van der Waals surface area contributed by atoms with Gasteiger partial charge in [0.25, 0.3) is 5.91 Å². The van der Waals surface area contributed by atoms with Crippen LogP contribution in [0, 0.1) is 0 Å². The van der Waals surface area contributed by atoms with Gasteiger partial charge in [-0.05, 0) is 31.5 Å². The van der Waals surface area contributed by atoms with Crippen molar-refractivity contribution in [1.82, 2.24) is 4.90 Å². The predicted octanol–water partition coefficient (Wildman–Crippen LogP) is 2.30. The van der Waals surface area contributed by atoms with E-state index in [2.05, 4.69) is 4.99 Å². The van der Waals surface area contributed by atoms with Crippen LogP contribution in [0.1, 0.15) is 45.4 Å². The molecule has 0 saturated heterocycles. The molecule has 0 bridgehead atoms. The molecule has 0 aromatic rings. The van der Waals surface area contributed by atoms with E-state index >= 15 is 0 Å². The first-order valence-electron chi connectivity index (χ1n) is 5.69. The number of aliphatic imine (C=N–C) groups is 1. The van der Waals surface area contributed by atoms with Gasteiger partial charge in [0, 0.05) is 6.04 Å². The van der Waals surface area contributed by atoms with E-state index in [1.54, 1.807) is 4.90 Å². The number of thiocarbonyl (C=S) groups is 1. The second-order valence-electron chi connectivity index (χ2n) is 4.16. The number of carbonyl (C=O) groups excluding carboxylic acids is 1. The normalized spacial score (nSPS) is 23.5. The largest absolute Gasteiger partial charge is 0.279 e. The molecule has 0 spiro atoms. The van der Waals surface area contributed by atoms with E-state index in [4.69, 9.17) is 12.2 Å². The minimum absolute atomic E-state index is 0.0504. The molecule has 15 heavy (non-hydrogen) atoms. The Kier molecular flexibility index (Phi) is 3.14. The van der Waals surface area contributed by atoms with Gasteiger partial charge < -0.3 is 0 Å². The lowest BCUT2D eigenvalue weighted by Crippen LogP contribution is -2.42. The first-order valence-corrected chi connectivity index (χ1v) is 6.10. The van der Waals surface area contributed by atoms with E-state index in [9.17, 15) is 4.79 Å². The molecule has 4 heteroatoms. The Bertz CT molecular complexity index is 319. The van der Waals surface area contributed by atoms with Gasteiger partial charge in [-0.25, -0.2) is 4.99 Å². The Morgan fingerprint density at radius 1 is 1.40 bits per heavy atom. The number of carbonyl (C=O) groups is 1. The van der Waals surface area contributed by atoms with Crippen LogP contribution in [0.5, 0.6) is 0 Å². The number of hydrogen-bond donors (Lipinski definition) is 0. The van der Waals surface area contributed by atoms with Crippen LogP contribution in [0.4, 0.5) is 0 Å². The van der Waals surface area contributed by atoms with Gasteiger partial charge in [-0.3, -0.25) is 9.69 Å². The van der Waals surface area contributed by atoms with E-state index in [0.717, 1.165) is 12.8 Å². The SMILES string of the molecule is CCC1=NC(=S)N(C2CCCCC2)C1=O. The lowest BCUT2D eigenvalue weighted by molar-refractivity contribution is -0.122. The summed E-state index contributed by atoms with van der Waals surface area (Å²) in [5.74, 6) is 0.0504. The molecule has 0 atom stereocenters. The zero-order chi connectivity index (χ0) is 10.8. The van der Waals surface area contributed by atoms with Crippen molar-refractivity contribution in [2.75, 3.05) is 0 Å². The summed E-state index contributed by atoms with van der Waals surface area (Å²) in [6, 6.07) is 0.312. The van der Waals surface area contributed by atoms with Crippen molar-refractivity contribution in [3.63, 3.8) is 0 Å². The molecule has 1 saturated carbocycles. The van der Waals surface area contributed by atoms with Gasteiger partial charge in [-0.1, -0.05) is 26.2 Å². The van der Waals surface area contributed by atoms with Gasteiger partial charge in [0.05, 0.1) is 0 Å². The topological polar surface area (TPSA) is 32.7 Å². The Morgan fingerprint density at radius 2 is 2.07 bits per heavy atom. The van der Waals surface area contributed by atoms with Crippen LogP contribution in [-0.4, -0.2) is 27.7 Å². The molecular formula is C11H16N2OS. The van der Waals surface area contributed by atoms with Crippen molar-refractivity contribution in [2.45, 2.75) is 51.5 Å². The molecule has 0 aromatic carbocycles. The summed E-state index contributed by atoms with van der Waals surface area (Å²) in [4.78, 5) is 17.9. The minimum Gasteiger partial charge on any atom is -0.279 e. The number of amides is 1. The highest BCUT2D eigenvalue weighted by atomic mass is 32.1. The van der Waals surface area contributed by atoms with E-state index in [1.165, 1.54) is 19.3 Å². The van der Waals surface area contributed by atoms with Crippen molar-refractivity contribution in [1.29, 1.82) is 0 Å². The fraction of sp³-hybridized carbons (Fsp3) is 0.727. The van der Waals surface area contributed by atoms with E-state index in [-0.39, 0.29) is 5.91 Å². The van der Waals surface area contributed by atoms with Crippen molar-refractivity contribution in [2.24, 2.45) is 4.99 Å². The maximum Gasteiger partial charge on any atom is 0.274 e. The minimum atomic E-state index is 0.0504. The molecule has 2 aliphatic rings. The molecular weight excluding hydrogens is 208 g/mol. The number of nitrogens with zero attached hydrogens (tertiary/aromatic N) is 2. The third kappa shape index (κ3) is 1.95. The molecule has 1 amide bonds. The highest BCUT2D eigenvalue weighted by Gasteiger charge is 2.35. The highest BCUT2D eigenvalue weighted by Crippen LogP contribution is 2.25. The molecule has 3 nitrogen and oxygen atoms in total.